The average molecular weight is 383 g/mol. The Kier molecular flexibility index (Phi) is 6.10. The first-order valence-corrected chi connectivity index (χ1v) is 9.45. The van der Waals surface area contributed by atoms with Crippen LogP contribution in [0.3, 0.4) is 0 Å². The molecule has 0 spiro atoms. The van der Waals surface area contributed by atoms with Gasteiger partial charge in [-0.2, -0.15) is 0 Å². The van der Waals surface area contributed by atoms with Crippen molar-refractivity contribution in [3.05, 3.63) is 48.3 Å². The van der Waals surface area contributed by atoms with E-state index in [0.717, 1.165) is 26.8 Å². The summed E-state index contributed by atoms with van der Waals surface area (Å²) in [6, 6.07) is 11.1. The Hall–Kier alpha value is -2.84. The first-order chi connectivity index (χ1) is 13.0. The second-order valence-corrected chi connectivity index (χ2v) is 7.08. The quantitative estimate of drug-likeness (QED) is 0.512. The van der Waals surface area contributed by atoms with Gasteiger partial charge in [-0.15, -0.1) is 11.3 Å². The molecule has 3 aromatic rings. The molecule has 0 aliphatic carbocycles. The van der Waals surface area contributed by atoms with Crippen LogP contribution >= 0.6 is 11.3 Å². The van der Waals surface area contributed by atoms with Crippen LogP contribution in [0.2, 0.25) is 0 Å². The van der Waals surface area contributed by atoms with E-state index in [-0.39, 0.29) is 0 Å². The van der Waals surface area contributed by atoms with Gasteiger partial charge >= 0.3 is 5.97 Å². The summed E-state index contributed by atoms with van der Waals surface area (Å²) in [6.07, 6.45) is 2.73. The number of nitrogens with two attached hydrogens (primary N) is 1. The summed E-state index contributed by atoms with van der Waals surface area (Å²) in [5, 5.41) is 12.9. The van der Waals surface area contributed by atoms with Crippen molar-refractivity contribution in [2.75, 3.05) is 11.9 Å². The van der Waals surface area contributed by atoms with Crippen molar-refractivity contribution in [2.24, 2.45) is 5.73 Å². The molecule has 4 N–H and O–H groups in total. The summed E-state index contributed by atoms with van der Waals surface area (Å²) in [7, 11) is 0. The Morgan fingerprint density at radius 1 is 1.26 bits per heavy atom. The van der Waals surface area contributed by atoms with Gasteiger partial charge in [-0.05, 0) is 25.8 Å². The van der Waals surface area contributed by atoms with Crippen molar-refractivity contribution in [1.29, 1.82) is 0 Å². The summed E-state index contributed by atoms with van der Waals surface area (Å²) in [5.41, 5.74) is 8.32. The molecule has 2 heterocycles. The number of nitrogens with zero attached hydrogens (tertiary/aromatic N) is 3. The molecule has 8 heteroatoms. The highest BCUT2D eigenvalue weighted by molar-refractivity contribution is 7.18. The van der Waals surface area contributed by atoms with E-state index < -0.39 is 12.0 Å². The number of hydrogen-bond donors (Lipinski definition) is 3. The summed E-state index contributed by atoms with van der Waals surface area (Å²) < 4.78 is 0. The monoisotopic (exact) mass is 383 g/mol. The Morgan fingerprint density at radius 2 is 2.04 bits per heavy atom. The molecule has 0 amide bonds. The molecule has 0 bridgehead atoms. The van der Waals surface area contributed by atoms with Crippen molar-refractivity contribution >= 4 is 23.3 Å². The van der Waals surface area contributed by atoms with Crippen molar-refractivity contribution in [2.45, 2.75) is 25.8 Å². The fourth-order valence-corrected chi connectivity index (χ4v) is 3.60. The topological polar surface area (TPSA) is 114 Å². The number of aromatic nitrogens is 3. The number of aryl methyl sites for hydroxylation is 1. The number of aliphatic carboxylic acids is 1. The Labute approximate surface area is 161 Å². The van der Waals surface area contributed by atoms with E-state index in [1.54, 1.807) is 17.5 Å². The molecule has 0 saturated heterocycles. The number of nitrogens with one attached hydrogen (secondary N) is 1. The fraction of sp³-hybridized carbons (Fsp3) is 0.263. The van der Waals surface area contributed by atoms with Crippen LogP contribution < -0.4 is 11.1 Å². The largest absolute Gasteiger partial charge is 0.480 e. The highest BCUT2D eigenvalue weighted by Crippen LogP contribution is 2.34. The maximum Gasteiger partial charge on any atom is 0.320 e. The minimum Gasteiger partial charge on any atom is -0.480 e. The smallest absolute Gasteiger partial charge is 0.320 e. The molecule has 0 saturated carbocycles. The molecule has 0 unspecified atom stereocenters. The number of anilines is 1. The third kappa shape index (κ3) is 4.87. The summed E-state index contributed by atoms with van der Waals surface area (Å²) in [5.74, 6) is -0.478. The minimum absolute atomic E-state index is 0.399. The number of carboxylic acid groups (broad SMARTS) is 1. The highest BCUT2D eigenvalue weighted by atomic mass is 32.1. The van der Waals surface area contributed by atoms with Crippen LogP contribution in [0.4, 0.5) is 5.95 Å². The standard InChI is InChI=1S/C19H21N5O2S/c1-12-16(27-17(23-12)13-6-3-2-4-7-13)15-9-11-22-19(24-15)21-10-5-8-14(20)18(25)26/h2-4,6-7,9,11,14H,5,8,10,20H2,1H3,(H,25,26)(H,21,22,24)/t14-/m1/s1. The molecule has 3 rings (SSSR count). The van der Waals surface area contributed by atoms with E-state index in [1.807, 2.05) is 43.3 Å². The van der Waals surface area contributed by atoms with E-state index in [0.29, 0.717) is 25.3 Å². The van der Waals surface area contributed by atoms with Crippen LogP contribution in [-0.2, 0) is 4.79 Å². The van der Waals surface area contributed by atoms with Crippen molar-refractivity contribution in [3.63, 3.8) is 0 Å². The van der Waals surface area contributed by atoms with Crippen LogP contribution in [0.5, 0.6) is 0 Å². The summed E-state index contributed by atoms with van der Waals surface area (Å²) in [4.78, 5) is 25.2. The SMILES string of the molecule is Cc1nc(-c2ccccc2)sc1-c1ccnc(NCCC[C@@H](N)C(=O)O)n1. The van der Waals surface area contributed by atoms with Gasteiger partial charge in [-0.1, -0.05) is 30.3 Å². The molecule has 7 nitrogen and oxygen atoms in total. The number of benzene rings is 1. The molecular weight excluding hydrogens is 362 g/mol. The minimum atomic E-state index is -0.983. The van der Waals surface area contributed by atoms with E-state index in [1.165, 1.54) is 0 Å². The highest BCUT2D eigenvalue weighted by Gasteiger charge is 2.13. The van der Waals surface area contributed by atoms with Crippen molar-refractivity contribution < 1.29 is 9.90 Å². The van der Waals surface area contributed by atoms with Gasteiger partial charge in [-0.3, -0.25) is 4.79 Å². The lowest BCUT2D eigenvalue weighted by Crippen LogP contribution is -2.30. The predicted molar refractivity (Wildman–Crippen MR) is 107 cm³/mol. The van der Waals surface area contributed by atoms with E-state index in [2.05, 4.69) is 20.3 Å². The molecule has 0 fully saturated rings. The Bertz CT molecular complexity index is 913. The lowest BCUT2D eigenvalue weighted by molar-refractivity contribution is -0.138. The van der Waals surface area contributed by atoms with Gasteiger partial charge in [0.15, 0.2) is 0 Å². The lowest BCUT2D eigenvalue weighted by Gasteiger charge is -2.08. The molecule has 1 atom stereocenters. The van der Waals surface area contributed by atoms with Gasteiger partial charge in [0.05, 0.1) is 16.3 Å². The zero-order valence-electron chi connectivity index (χ0n) is 14.9. The molecule has 2 aromatic heterocycles. The van der Waals surface area contributed by atoms with Crippen molar-refractivity contribution in [1.82, 2.24) is 15.0 Å². The van der Waals surface area contributed by atoms with Crippen LogP contribution in [0.25, 0.3) is 21.1 Å². The summed E-state index contributed by atoms with van der Waals surface area (Å²) in [6.45, 7) is 2.53. The molecule has 27 heavy (non-hydrogen) atoms. The van der Waals surface area contributed by atoms with Crippen LogP contribution in [0.1, 0.15) is 18.5 Å². The predicted octanol–water partition coefficient (Wildman–Crippen LogP) is 3.18. The Morgan fingerprint density at radius 3 is 2.78 bits per heavy atom. The first kappa shape index (κ1) is 18.9. The van der Waals surface area contributed by atoms with Gasteiger partial charge in [0, 0.05) is 18.3 Å². The second-order valence-electron chi connectivity index (χ2n) is 6.08. The van der Waals surface area contributed by atoms with Crippen LogP contribution in [0, 0.1) is 6.92 Å². The number of hydrogen-bond acceptors (Lipinski definition) is 7. The van der Waals surface area contributed by atoms with Crippen LogP contribution in [-0.4, -0.2) is 38.6 Å². The van der Waals surface area contributed by atoms with Gasteiger partial charge in [0.1, 0.15) is 11.0 Å². The molecular formula is C19H21N5O2S. The third-order valence-corrected chi connectivity index (χ3v) is 5.23. The van der Waals surface area contributed by atoms with Crippen molar-refractivity contribution in [3.8, 4) is 21.1 Å². The third-order valence-electron chi connectivity index (χ3n) is 4.00. The van der Waals surface area contributed by atoms with Gasteiger partial charge in [0.2, 0.25) is 5.95 Å². The van der Waals surface area contributed by atoms with E-state index in [9.17, 15) is 4.79 Å². The molecule has 0 radical (unpaired) electrons. The molecule has 140 valence electrons. The van der Waals surface area contributed by atoms with E-state index >= 15 is 0 Å². The normalized spacial score (nSPS) is 11.9. The number of thiazole rings is 1. The average Bonchev–Trinajstić information content (AvgIpc) is 3.07. The van der Waals surface area contributed by atoms with Gasteiger partial charge < -0.3 is 16.2 Å². The summed E-state index contributed by atoms with van der Waals surface area (Å²) >= 11 is 1.60. The number of carboxylic acids is 1. The fourth-order valence-electron chi connectivity index (χ4n) is 2.55. The number of rotatable bonds is 8. The maximum absolute atomic E-state index is 10.7. The maximum atomic E-state index is 10.7. The number of carbonyl (C=O) groups is 1. The lowest BCUT2D eigenvalue weighted by atomic mass is 10.2. The second kappa shape index (κ2) is 8.70. The van der Waals surface area contributed by atoms with Gasteiger partial charge in [-0.25, -0.2) is 15.0 Å². The first-order valence-electron chi connectivity index (χ1n) is 8.63. The Balaban J connectivity index is 1.69. The molecule has 1 aromatic carbocycles. The van der Waals surface area contributed by atoms with Crippen LogP contribution in [0.15, 0.2) is 42.6 Å². The molecule has 0 aliphatic heterocycles. The molecule has 0 aliphatic rings. The zero-order valence-corrected chi connectivity index (χ0v) is 15.7. The van der Waals surface area contributed by atoms with Gasteiger partial charge in [0.25, 0.3) is 0 Å². The van der Waals surface area contributed by atoms with E-state index in [4.69, 9.17) is 10.8 Å². The zero-order chi connectivity index (χ0) is 19.2.